The van der Waals surface area contributed by atoms with Gasteiger partial charge in [0, 0.05) is 28.7 Å². The normalized spacial score (nSPS) is 11.1. The molecule has 0 saturated heterocycles. The summed E-state index contributed by atoms with van der Waals surface area (Å²) in [5, 5.41) is 0.656. The minimum Gasteiger partial charge on any atom is -0.486 e. The van der Waals surface area contributed by atoms with Crippen LogP contribution in [0.3, 0.4) is 0 Å². The number of hydrogen-bond acceptors (Lipinski definition) is 4. The summed E-state index contributed by atoms with van der Waals surface area (Å²) in [6.07, 6.45) is 8.41. The maximum atomic E-state index is 12.4. The molecule has 4 aromatic rings. The summed E-state index contributed by atoms with van der Waals surface area (Å²) < 4.78 is 13.2. The lowest BCUT2D eigenvalue weighted by Crippen LogP contribution is -1.96. The topological polar surface area (TPSA) is 57.3 Å². The number of rotatable bonds is 7. The van der Waals surface area contributed by atoms with Gasteiger partial charge >= 0.3 is 0 Å². The van der Waals surface area contributed by atoms with Crippen LogP contribution in [0.25, 0.3) is 11.8 Å². The zero-order chi connectivity index (χ0) is 20.1. The molecule has 0 unspecified atom stereocenters. The predicted molar refractivity (Wildman–Crippen MR) is 111 cm³/mol. The van der Waals surface area contributed by atoms with Gasteiger partial charge in [0.05, 0.1) is 6.33 Å². The van der Waals surface area contributed by atoms with Crippen molar-refractivity contribution in [2.45, 2.75) is 6.61 Å². The molecule has 4 rings (SSSR count). The standard InChI is InChI=1S/C23H17ClN2O3/c24-18-3-7-20(8-4-18)28-15-22-10-9-21(29-22)11-12-23(27)17-1-5-19(6-2-17)26-14-13-25-16-26/h1-14,16H,15H2/b12-11+. The molecule has 0 N–H and O–H groups in total. The third-order valence-corrected chi connectivity index (χ3v) is 4.48. The van der Waals surface area contributed by atoms with E-state index < -0.39 is 0 Å². The number of halogens is 1. The van der Waals surface area contributed by atoms with E-state index in [4.69, 9.17) is 20.8 Å². The lowest BCUT2D eigenvalue weighted by molar-refractivity contribution is 0.104. The van der Waals surface area contributed by atoms with Crippen molar-refractivity contribution in [2.24, 2.45) is 0 Å². The first kappa shape index (κ1) is 18.8. The highest BCUT2D eigenvalue weighted by Crippen LogP contribution is 2.18. The van der Waals surface area contributed by atoms with Crippen LogP contribution in [0.15, 0.2) is 89.9 Å². The quantitative estimate of drug-likeness (QED) is 0.297. The highest BCUT2D eigenvalue weighted by atomic mass is 35.5. The van der Waals surface area contributed by atoms with E-state index in [1.165, 1.54) is 6.08 Å². The molecule has 5 nitrogen and oxygen atoms in total. The predicted octanol–water partition coefficient (Wildman–Crippen LogP) is 5.59. The van der Waals surface area contributed by atoms with E-state index in [-0.39, 0.29) is 5.78 Å². The van der Waals surface area contributed by atoms with Crippen LogP contribution in [0.4, 0.5) is 0 Å². The van der Waals surface area contributed by atoms with Gasteiger partial charge in [0.1, 0.15) is 23.9 Å². The van der Waals surface area contributed by atoms with E-state index in [9.17, 15) is 4.79 Å². The molecule has 0 atom stereocenters. The molecule has 0 spiro atoms. The Hall–Kier alpha value is -3.57. The molecule has 144 valence electrons. The maximum absolute atomic E-state index is 12.4. The Morgan fingerprint density at radius 3 is 2.59 bits per heavy atom. The van der Waals surface area contributed by atoms with Gasteiger partial charge in [0.25, 0.3) is 0 Å². The lowest BCUT2D eigenvalue weighted by atomic mass is 10.1. The van der Waals surface area contributed by atoms with E-state index in [2.05, 4.69) is 4.98 Å². The molecule has 6 heteroatoms. The van der Waals surface area contributed by atoms with Crippen LogP contribution < -0.4 is 4.74 Å². The minimum atomic E-state index is -0.0995. The van der Waals surface area contributed by atoms with Crippen LogP contribution in [0.5, 0.6) is 5.75 Å². The van der Waals surface area contributed by atoms with Crippen molar-refractivity contribution < 1.29 is 13.9 Å². The Morgan fingerprint density at radius 2 is 1.86 bits per heavy atom. The van der Waals surface area contributed by atoms with E-state index in [0.717, 1.165) is 5.69 Å². The Kier molecular flexibility index (Phi) is 5.59. The Labute approximate surface area is 172 Å². The first-order chi connectivity index (χ1) is 14.2. The van der Waals surface area contributed by atoms with Gasteiger partial charge in [-0.25, -0.2) is 4.98 Å². The number of benzene rings is 2. The number of carbonyl (C=O) groups is 1. The SMILES string of the molecule is O=C(/C=C/c1ccc(COc2ccc(Cl)cc2)o1)c1ccc(-n2ccnc2)cc1. The van der Waals surface area contributed by atoms with Crippen LogP contribution in [-0.4, -0.2) is 15.3 Å². The second-order valence-corrected chi connectivity index (χ2v) is 6.70. The van der Waals surface area contributed by atoms with Crippen LogP contribution in [0.2, 0.25) is 5.02 Å². The molecule has 0 radical (unpaired) electrons. The fourth-order valence-electron chi connectivity index (χ4n) is 2.71. The first-order valence-corrected chi connectivity index (χ1v) is 9.33. The zero-order valence-electron chi connectivity index (χ0n) is 15.4. The van der Waals surface area contributed by atoms with Gasteiger partial charge < -0.3 is 13.7 Å². The average Bonchev–Trinajstić information content (AvgIpc) is 3.44. The Bertz CT molecular complexity index is 1110. The molecule has 0 aliphatic rings. The van der Waals surface area contributed by atoms with Gasteiger partial charge in [-0.1, -0.05) is 11.6 Å². The molecular weight excluding hydrogens is 388 g/mol. The number of ketones is 1. The molecule has 0 aliphatic carbocycles. The van der Waals surface area contributed by atoms with Crippen molar-refractivity contribution in [1.29, 1.82) is 0 Å². The average molecular weight is 405 g/mol. The van der Waals surface area contributed by atoms with E-state index in [1.54, 1.807) is 61.1 Å². The molecule has 2 aromatic carbocycles. The fraction of sp³-hybridized carbons (Fsp3) is 0.0435. The van der Waals surface area contributed by atoms with Crippen molar-refractivity contribution in [1.82, 2.24) is 9.55 Å². The molecule has 0 amide bonds. The number of carbonyl (C=O) groups excluding carboxylic acids is 1. The van der Waals surface area contributed by atoms with Crippen molar-refractivity contribution >= 4 is 23.5 Å². The van der Waals surface area contributed by atoms with Gasteiger partial charge in [0.15, 0.2) is 5.78 Å². The molecule has 2 aromatic heterocycles. The summed E-state index contributed by atoms with van der Waals surface area (Å²) in [7, 11) is 0. The number of imidazole rings is 1. The Morgan fingerprint density at radius 1 is 1.07 bits per heavy atom. The van der Waals surface area contributed by atoms with Crippen LogP contribution in [0.1, 0.15) is 21.9 Å². The van der Waals surface area contributed by atoms with E-state index in [1.807, 2.05) is 29.0 Å². The van der Waals surface area contributed by atoms with Crippen LogP contribution >= 0.6 is 11.6 Å². The van der Waals surface area contributed by atoms with Gasteiger partial charge in [-0.15, -0.1) is 0 Å². The number of hydrogen-bond donors (Lipinski definition) is 0. The van der Waals surface area contributed by atoms with Crippen LogP contribution in [-0.2, 0) is 6.61 Å². The third-order valence-electron chi connectivity index (χ3n) is 4.23. The largest absolute Gasteiger partial charge is 0.486 e. The smallest absolute Gasteiger partial charge is 0.185 e. The highest BCUT2D eigenvalue weighted by Gasteiger charge is 2.05. The minimum absolute atomic E-state index is 0.0995. The molecule has 2 heterocycles. The van der Waals surface area contributed by atoms with Gasteiger partial charge in [-0.3, -0.25) is 4.79 Å². The lowest BCUT2D eigenvalue weighted by Gasteiger charge is -2.03. The summed E-state index contributed by atoms with van der Waals surface area (Å²) in [5.41, 5.74) is 1.54. The first-order valence-electron chi connectivity index (χ1n) is 8.95. The van der Waals surface area contributed by atoms with Gasteiger partial charge in [-0.2, -0.15) is 0 Å². The van der Waals surface area contributed by atoms with E-state index >= 15 is 0 Å². The summed E-state index contributed by atoms with van der Waals surface area (Å²) in [5.74, 6) is 1.86. The monoisotopic (exact) mass is 404 g/mol. The highest BCUT2D eigenvalue weighted by molar-refractivity contribution is 6.30. The van der Waals surface area contributed by atoms with Crippen molar-refractivity contribution in [3.63, 3.8) is 0 Å². The van der Waals surface area contributed by atoms with Gasteiger partial charge in [-0.05, 0) is 72.8 Å². The number of furan rings is 1. The third kappa shape index (κ3) is 4.83. The van der Waals surface area contributed by atoms with E-state index in [0.29, 0.717) is 34.5 Å². The molecule has 0 fully saturated rings. The zero-order valence-corrected chi connectivity index (χ0v) is 16.1. The summed E-state index contributed by atoms with van der Waals surface area (Å²) in [4.78, 5) is 16.4. The second-order valence-electron chi connectivity index (χ2n) is 6.26. The maximum Gasteiger partial charge on any atom is 0.185 e. The summed E-state index contributed by atoms with van der Waals surface area (Å²) in [6, 6.07) is 18.1. The summed E-state index contributed by atoms with van der Waals surface area (Å²) >= 11 is 5.85. The Balaban J connectivity index is 1.35. The van der Waals surface area contributed by atoms with Crippen molar-refractivity contribution in [3.05, 3.63) is 108 Å². The van der Waals surface area contributed by atoms with Crippen molar-refractivity contribution in [3.8, 4) is 11.4 Å². The van der Waals surface area contributed by atoms with Crippen molar-refractivity contribution in [2.75, 3.05) is 0 Å². The van der Waals surface area contributed by atoms with Crippen LogP contribution in [0, 0.1) is 0 Å². The number of ether oxygens (including phenoxy) is 1. The molecule has 0 bridgehead atoms. The second kappa shape index (κ2) is 8.63. The fourth-order valence-corrected chi connectivity index (χ4v) is 2.84. The molecule has 29 heavy (non-hydrogen) atoms. The number of allylic oxidation sites excluding steroid dienone is 1. The number of nitrogens with zero attached hydrogens (tertiary/aromatic N) is 2. The molecule has 0 aliphatic heterocycles. The molecule has 0 saturated carbocycles. The summed E-state index contributed by atoms with van der Waals surface area (Å²) in [6.45, 7) is 0.291. The van der Waals surface area contributed by atoms with Gasteiger partial charge in [0.2, 0.25) is 0 Å². The number of aromatic nitrogens is 2. The molecular formula is C23H17ClN2O3.